The predicted molar refractivity (Wildman–Crippen MR) is 54.5 cm³/mol. The van der Waals surface area contributed by atoms with Crippen molar-refractivity contribution in [3.63, 3.8) is 0 Å². The Morgan fingerprint density at radius 1 is 1.38 bits per heavy atom. The standard InChI is InChI=1S/C12H16I/c1-4-10-12(2,13-3)11-8-6-5-7-9-11/h4-9H,1,10H2,2-3H3/q-1. The third kappa shape index (κ3) is 2.56. The molecular formula is C12H16I-. The van der Waals surface area contributed by atoms with Crippen molar-refractivity contribution in [1.29, 1.82) is 0 Å². The summed E-state index contributed by atoms with van der Waals surface area (Å²) in [6.45, 7) is 6.18. The third-order valence-electron chi connectivity index (χ3n) is 2.32. The molecule has 1 heteroatoms. The van der Waals surface area contributed by atoms with E-state index in [1.165, 1.54) is 5.56 Å². The monoisotopic (exact) mass is 287 g/mol. The molecule has 0 radical (unpaired) electrons. The fraction of sp³-hybridized carbons (Fsp3) is 0.333. The van der Waals surface area contributed by atoms with Crippen LogP contribution in [-0.4, -0.2) is 4.93 Å². The summed E-state index contributed by atoms with van der Waals surface area (Å²) in [6, 6.07) is 10.8. The maximum atomic E-state index is 3.84. The van der Waals surface area contributed by atoms with E-state index in [9.17, 15) is 0 Å². The Morgan fingerprint density at radius 3 is 2.46 bits per heavy atom. The normalized spacial score (nSPS) is 15.2. The molecule has 0 nitrogen and oxygen atoms in total. The fourth-order valence-corrected chi connectivity index (χ4v) is 3.10. The first-order chi connectivity index (χ1) is 6.23. The Hall–Kier alpha value is -0.310. The zero-order chi connectivity index (χ0) is 9.73. The van der Waals surface area contributed by atoms with Gasteiger partial charge in [-0.3, -0.25) is 0 Å². The molecule has 1 rings (SSSR count). The quantitative estimate of drug-likeness (QED) is 0.421. The molecule has 0 aliphatic heterocycles. The molecular weight excluding hydrogens is 271 g/mol. The van der Waals surface area contributed by atoms with Crippen LogP contribution in [0.15, 0.2) is 43.0 Å². The Kier molecular flexibility index (Phi) is 3.97. The average Bonchev–Trinajstić information content (AvgIpc) is 2.19. The van der Waals surface area contributed by atoms with E-state index in [-0.39, 0.29) is 21.2 Å². The average molecular weight is 287 g/mol. The first kappa shape index (κ1) is 10.8. The van der Waals surface area contributed by atoms with Crippen molar-refractivity contribution in [1.82, 2.24) is 0 Å². The van der Waals surface area contributed by atoms with Crippen molar-refractivity contribution < 1.29 is 21.2 Å². The summed E-state index contributed by atoms with van der Waals surface area (Å²) in [4.78, 5) is 2.34. The van der Waals surface area contributed by atoms with Crippen LogP contribution in [-0.2, 0) is 3.42 Å². The Balaban J connectivity index is 2.95. The van der Waals surface area contributed by atoms with Gasteiger partial charge in [0.2, 0.25) is 0 Å². The molecule has 0 fully saturated rings. The van der Waals surface area contributed by atoms with Gasteiger partial charge < -0.3 is 0 Å². The summed E-state index contributed by atoms with van der Waals surface area (Å²) >= 11 is 0.202. The Labute approximate surface area is 91.3 Å². The molecule has 0 N–H and O–H groups in total. The molecule has 13 heavy (non-hydrogen) atoms. The molecule has 0 amide bonds. The molecule has 0 saturated carbocycles. The van der Waals surface area contributed by atoms with Crippen LogP contribution in [0.25, 0.3) is 0 Å². The second-order valence-electron chi connectivity index (χ2n) is 3.25. The molecule has 0 aromatic heterocycles. The molecule has 1 atom stereocenters. The van der Waals surface area contributed by atoms with Crippen molar-refractivity contribution in [2.75, 3.05) is 4.93 Å². The predicted octanol–water partition coefficient (Wildman–Crippen LogP) is 0.197. The van der Waals surface area contributed by atoms with E-state index in [1.807, 2.05) is 6.08 Å². The van der Waals surface area contributed by atoms with Gasteiger partial charge in [0.05, 0.1) is 0 Å². The van der Waals surface area contributed by atoms with E-state index in [0.717, 1.165) is 6.42 Å². The summed E-state index contributed by atoms with van der Waals surface area (Å²) in [6.07, 6.45) is 3.14. The Morgan fingerprint density at radius 2 is 2.00 bits per heavy atom. The molecule has 0 bridgehead atoms. The van der Waals surface area contributed by atoms with Crippen LogP contribution < -0.4 is 21.2 Å². The van der Waals surface area contributed by atoms with Gasteiger partial charge in [0, 0.05) is 0 Å². The second kappa shape index (κ2) is 4.80. The first-order valence-electron chi connectivity index (χ1n) is 4.40. The molecule has 0 heterocycles. The first-order valence-corrected chi connectivity index (χ1v) is 7.63. The zero-order valence-electron chi connectivity index (χ0n) is 8.26. The molecule has 1 aromatic rings. The van der Waals surface area contributed by atoms with Gasteiger partial charge in [-0.1, -0.05) is 0 Å². The number of alkyl halides is 2. The summed E-state index contributed by atoms with van der Waals surface area (Å²) < 4.78 is 0.377. The molecule has 1 unspecified atom stereocenters. The van der Waals surface area contributed by atoms with Gasteiger partial charge in [0.1, 0.15) is 0 Å². The summed E-state index contributed by atoms with van der Waals surface area (Å²) in [5, 5.41) is 0. The van der Waals surface area contributed by atoms with Crippen LogP contribution in [0.5, 0.6) is 0 Å². The minimum atomic E-state index is 0.202. The van der Waals surface area contributed by atoms with Gasteiger partial charge in [0.25, 0.3) is 0 Å². The zero-order valence-corrected chi connectivity index (χ0v) is 10.4. The summed E-state index contributed by atoms with van der Waals surface area (Å²) in [5.74, 6) is 0. The van der Waals surface area contributed by atoms with Gasteiger partial charge in [-0.15, -0.1) is 0 Å². The summed E-state index contributed by atoms with van der Waals surface area (Å²) in [7, 11) is 0. The van der Waals surface area contributed by atoms with Crippen LogP contribution in [0.2, 0.25) is 0 Å². The van der Waals surface area contributed by atoms with Crippen LogP contribution in [0, 0.1) is 0 Å². The van der Waals surface area contributed by atoms with E-state index in [0.29, 0.717) is 3.42 Å². The van der Waals surface area contributed by atoms with Gasteiger partial charge >= 0.3 is 91.5 Å². The van der Waals surface area contributed by atoms with Crippen molar-refractivity contribution in [2.24, 2.45) is 0 Å². The molecule has 0 aliphatic carbocycles. The number of benzene rings is 1. The molecule has 1 aromatic carbocycles. The van der Waals surface area contributed by atoms with E-state index >= 15 is 0 Å². The van der Waals surface area contributed by atoms with E-state index in [1.54, 1.807) is 0 Å². The van der Waals surface area contributed by atoms with Crippen molar-refractivity contribution >= 4 is 0 Å². The molecule has 0 spiro atoms. The van der Waals surface area contributed by atoms with Crippen LogP contribution in [0.1, 0.15) is 18.9 Å². The van der Waals surface area contributed by atoms with Gasteiger partial charge in [-0.2, -0.15) is 0 Å². The van der Waals surface area contributed by atoms with Crippen molar-refractivity contribution in [2.45, 2.75) is 16.8 Å². The Bertz CT molecular complexity index is 266. The molecule has 72 valence electrons. The van der Waals surface area contributed by atoms with Crippen LogP contribution in [0.4, 0.5) is 0 Å². The third-order valence-corrected chi connectivity index (χ3v) is 5.76. The molecule has 0 saturated heterocycles. The number of halogens is 1. The van der Waals surface area contributed by atoms with E-state index < -0.39 is 0 Å². The second-order valence-corrected chi connectivity index (χ2v) is 6.70. The van der Waals surface area contributed by atoms with Gasteiger partial charge in [-0.25, -0.2) is 0 Å². The van der Waals surface area contributed by atoms with Crippen LogP contribution in [0.3, 0.4) is 0 Å². The number of hydrogen-bond acceptors (Lipinski definition) is 0. The SMILES string of the molecule is C=CCC(C)([I-]C)c1ccccc1. The number of rotatable bonds is 4. The van der Waals surface area contributed by atoms with Crippen molar-refractivity contribution in [3.05, 3.63) is 48.6 Å². The topological polar surface area (TPSA) is 0 Å². The minimum absolute atomic E-state index is 0.202. The van der Waals surface area contributed by atoms with Gasteiger partial charge in [0.15, 0.2) is 0 Å². The van der Waals surface area contributed by atoms with E-state index in [4.69, 9.17) is 0 Å². The maximum absolute atomic E-state index is 3.84. The summed E-state index contributed by atoms with van der Waals surface area (Å²) in [5.41, 5.74) is 1.46. The van der Waals surface area contributed by atoms with Crippen molar-refractivity contribution in [3.8, 4) is 0 Å². The fourth-order valence-electron chi connectivity index (χ4n) is 1.36. The number of allylic oxidation sites excluding steroid dienone is 1. The van der Waals surface area contributed by atoms with E-state index in [2.05, 4.69) is 48.8 Å². The van der Waals surface area contributed by atoms with Gasteiger partial charge in [-0.05, 0) is 0 Å². The molecule has 0 aliphatic rings. The number of hydrogen-bond donors (Lipinski definition) is 0. The van der Waals surface area contributed by atoms with Crippen LogP contribution >= 0.6 is 0 Å².